The third kappa shape index (κ3) is 2.48. The van der Waals surface area contributed by atoms with Crippen LogP contribution in [0, 0.1) is 18.3 Å². The highest BCUT2D eigenvalue weighted by Gasteiger charge is 2.25. The number of allylic oxidation sites excluding steroid dienone is 2. The topological polar surface area (TPSA) is 75.9 Å². The number of nitrogens with two attached hydrogens (primary N) is 2. The van der Waals surface area contributed by atoms with Crippen LogP contribution in [0.25, 0.3) is 0 Å². The van der Waals surface area contributed by atoms with Crippen molar-refractivity contribution in [3.63, 3.8) is 0 Å². The zero-order chi connectivity index (χ0) is 14.2. The summed E-state index contributed by atoms with van der Waals surface area (Å²) in [5, 5.41) is 7.60. The number of hydrogen-bond donors (Lipinski definition) is 3. The molecular formula is C15H20FN3. The minimum atomic E-state index is -0.227. The highest BCUT2D eigenvalue weighted by Crippen LogP contribution is 2.39. The Balaban J connectivity index is 2.50. The van der Waals surface area contributed by atoms with Gasteiger partial charge in [0, 0.05) is 17.2 Å². The number of nitrogens with one attached hydrogen (secondary N) is 1. The molecule has 2 unspecified atom stereocenters. The number of anilines is 1. The molecule has 0 saturated heterocycles. The Morgan fingerprint density at radius 1 is 1.37 bits per heavy atom. The van der Waals surface area contributed by atoms with Crippen LogP contribution in [-0.4, -0.2) is 5.84 Å². The van der Waals surface area contributed by atoms with E-state index in [4.69, 9.17) is 16.9 Å². The van der Waals surface area contributed by atoms with E-state index in [0.717, 1.165) is 24.0 Å². The van der Waals surface area contributed by atoms with Gasteiger partial charge in [0.2, 0.25) is 0 Å². The summed E-state index contributed by atoms with van der Waals surface area (Å²) in [6.45, 7) is 3.88. The highest BCUT2D eigenvalue weighted by atomic mass is 19.1. The molecule has 0 aliphatic heterocycles. The summed E-state index contributed by atoms with van der Waals surface area (Å²) in [5.41, 5.74) is 14.1. The Morgan fingerprint density at radius 2 is 2.05 bits per heavy atom. The molecule has 0 bridgehead atoms. The lowest BCUT2D eigenvalue weighted by Crippen LogP contribution is -2.18. The maximum absolute atomic E-state index is 14.1. The average Bonchev–Trinajstić information content (AvgIpc) is 2.30. The zero-order valence-electron chi connectivity index (χ0n) is 11.3. The Labute approximate surface area is 113 Å². The van der Waals surface area contributed by atoms with Crippen molar-refractivity contribution in [2.45, 2.75) is 32.6 Å². The van der Waals surface area contributed by atoms with Crippen molar-refractivity contribution in [1.29, 1.82) is 5.41 Å². The van der Waals surface area contributed by atoms with Gasteiger partial charge < -0.3 is 11.5 Å². The van der Waals surface area contributed by atoms with Crippen LogP contribution in [0.3, 0.4) is 0 Å². The van der Waals surface area contributed by atoms with Crippen LogP contribution in [0.4, 0.5) is 10.1 Å². The van der Waals surface area contributed by atoms with E-state index in [9.17, 15) is 4.39 Å². The molecule has 102 valence electrons. The second-order valence-corrected chi connectivity index (χ2v) is 5.32. The van der Waals surface area contributed by atoms with Crippen LogP contribution in [0.15, 0.2) is 24.0 Å². The fraction of sp³-hybridized carbons (Fsp3) is 0.400. The molecule has 2 atom stereocenters. The van der Waals surface area contributed by atoms with Crippen molar-refractivity contribution in [2.24, 2.45) is 11.7 Å². The number of benzene rings is 1. The van der Waals surface area contributed by atoms with Gasteiger partial charge in [-0.05, 0) is 49.0 Å². The molecule has 0 fully saturated rings. The summed E-state index contributed by atoms with van der Waals surface area (Å²) in [7, 11) is 0. The quantitative estimate of drug-likeness (QED) is 0.434. The molecule has 1 aromatic rings. The summed E-state index contributed by atoms with van der Waals surface area (Å²) in [5.74, 6) is -0.0842. The number of nitrogen functional groups attached to an aromatic ring is 2. The second-order valence-electron chi connectivity index (χ2n) is 5.32. The van der Waals surface area contributed by atoms with E-state index < -0.39 is 0 Å². The highest BCUT2D eigenvalue weighted by molar-refractivity contribution is 6.01. The largest absolute Gasteiger partial charge is 0.398 e. The summed E-state index contributed by atoms with van der Waals surface area (Å²) >= 11 is 0. The van der Waals surface area contributed by atoms with Gasteiger partial charge in [-0.2, -0.15) is 0 Å². The normalized spacial score (nSPS) is 23.0. The smallest absolute Gasteiger partial charge is 0.125 e. The van der Waals surface area contributed by atoms with Gasteiger partial charge in [-0.1, -0.05) is 13.0 Å². The molecule has 4 heteroatoms. The summed E-state index contributed by atoms with van der Waals surface area (Å²) in [4.78, 5) is 0. The minimum absolute atomic E-state index is 0.0644. The van der Waals surface area contributed by atoms with Crippen molar-refractivity contribution in [3.05, 3.63) is 40.7 Å². The van der Waals surface area contributed by atoms with E-state index in [1.807, 2.05) is 19.9 Å². The standard InChI is InChI=1S/C15H20FN3/c1-8-3-4-11(12(16)7-8)10-5-6-13(17)14(9(10)2)15(18)19/h5-8,11H,3-4,17H2,1-2H3,(H3,18,19). The first-order valence-electron chi connectivity index (χ1n) is 6.52. The molecule has 0 spiro atoms. The van der Waals surface area contributed by atoms with E-state index in [-0.39, 0.29) is 23.5 Å². The van der Waals surface area contributed by atoms with Crippen LogP contribution in [0.1, 0.15) is 42.4 Å². The van der Waals surface area contributed by atoms with Crippen LogP contribution >= 0.6 is 0 Å². The Morgan fingerprint density at radius 3 is 2.63 bits per heavy atom. The number of rotatable bonds is 2. The van der Waals surface area contributed by atoms with Crippen molar-refractivity contribution in [3.8, 4) is 0 Å². The maximum Gasteiger partial charge on any atom is 0.125 e. The minimum Gasteiger partial charge on any atom is -0.398 e. The lowest BCUT2D eigenvalue weighted by atomic mass is 9.81. The Hall–Kier alpha value is -1.84. The molecule has 1 aromatic carbocycles. The zero-order valence-corrected chi connectivity index (χ0v) is 11.3. The van der Waals surface area contributed by atoms with E-state index in [2.05, 4.69) is 0 Å². The number of hydrogen-bond acceptors (Lipinski definition) is 2. The van der Waals surface area contributed by atoms with Crippen LogP contribution < -0.4 is 11.5 Å². The fourth-order valence-corrected chi connectivity index (χ4v) is 2.83. The van der Waals surface area contributed by atoms with E-state index >= 15 is 0 Å². The molecule has 0 amide bonds. The third-order valence-corrected chi connectivity index (χ3v) is 3.87. The lowest BCUT2D eigenvalue weighted by Gasteiger charge is -2.25. The molecule has 19 heavy (non-hydrogen) atoms. The summed E-state index contributed by atoms with van der Waals surface area (Å²) in [6.07, 6.45) is 3.44. The SMILES string of the molecule is Cc1c(C2CCC(C)C=C2F)ccc(N)c1C(=N)N. The first-order chi connectivity index (χ1) is 8.91. The fourth-order valence-electron chi connectivity index (χ4n) is 2.83. The molecule has 0 heterocycles. The molecule has 0 aromatic heterocycles. The van der Waals surface area contributed by atoms with Crippen molar-refractivity contribution >= 4 is 11.5 Å². The van der Waals surface area contributed by atoms with E-state index in [1.165, 1.54) is 0 Å². The summed E-state index contributed by atoms with van der Waals surface area (Å²) in [6, 6.07) is 3.57. The predicted molar refractivity (Wildman–Crippen MR) is 76.9 cm³/mol. The molecule has 1 aliphatic carbocycles. The average molecular weight is 261 g/mol. The van der Waals surface area contributed by atoms with Crippen LogP contribution in [0.5, 0.6) is 0 Å². The second kappa shape index (κ2) is 5.03. The molecule has 0 radical (unpaired) electrons. The van der Waals surface area contributed by atoms with Gasteiger partial charge in [0.05, 0.1) is 0 Å². The number of amidine groups is 1. The third-order valence-electron chi connectivity index (χ3n) is 3.87. The van der Waals surface area contributed by atoms with Gasteiger partial charge in [-0.25, -0.2) is 4.39 Å². The molecule has 2 rings (SSSR count). The monoisotopic (exact) mass is 261 g/mol. The Bertz CT molecular complexity index is 549. The summed E-state index contributed by atoms with van der Waals surface area (Å²) < 4.78 is 14.1. The van der Waals surface area contributed by atoms with Gasteiger partial charge in [0.25, 0.3) is 0 Å². The Kier molecular flexibility index (Phi) is 3.60. The maximum atomic E-state index is 14.1. The molecule has 5 N–H and O–H groups in total. The van der Waals surface area contributed by atoms with E-state index in [1.54, 1.807) is 12.1 Å². The van der Waals surface area contributed by atoms with Gasteiger partial charge in [-0.3, -0.25) is 5.41 Å². The van der Waals surface area contributed by atoms with Crippen molar-refractivity contribution in [1.82, 2.24) is 0 Å². The van der Waals surface area contributed by atoms with Gasteiger partial charge in [-0.15, -0.1) is 0 Å². The first-order valence-corrected chi connectivity index (χ1v) is 6.52. The van der Waals surface area contributed by atoms with Gasteiger partial charge >= 0.3 is 0 Å². The van der Waals surface area contributed by atoms with Gasteiger partial charge in [0.15, 0.2) is 0 Å². The van der Waals surface area contributed by atoms with Crippen molar-refractivity contribution in [2.75, 3.05) is 5.73 Å². The predicted octanol–water partition coefficient (Wildman–Crippen LogP) is 3.23. The first kappa shape index (κ1) is 13.6. The molecule has 3 nitrogen and oxygen atoms in total. The van der Waals surface area contributed by atoms with Crippen molar-refractivity contribution < 1.29 is 4.39 Å². The number of halogens is 1. The van der Waals surface area contributed by atoms with Crippen LogP contribution in [0.2, 0.25) is 0 Å². The molecule has 1 aliphatic rings. The van der Waals surface area contributed by atoms with E-state index in [0.29, 0.717) is 11.3 Å². The lowest BCUT2D eigenvalue weighted by molar-refractivity contribution is 0.437. The molecule has 0 saturated carbocycles. The van der Waals surface area contributed by atoms with Crippen LogP contribution in [-0.2, 0) is 0 Å². The van der Waals surface area contributed by atoms with Gasteiger partial charge in [0.1, 0.15) is 11.7 Å². The molecular weight excluding hydrogens is 241 g/mol.